The quantitative estimate of drug-likeness (QED) is 0.850. The number of nitrogens with zero attached hydrogens (tertiary/aromatic N) is 3. The summed E-state index contributed by atoms with van der Waals surface area (Å²) < 4.78 is 0.846. The number of benzene rings is 1. The molecule has 19 heavy (non-hydrogen) atoms. The van der Waals surface area contributed by atoms with Gasteiger partial charge in [0.2, 0.25) is 5.95 Å². The Morgan fingerprint density at radius 1 is 1.21 bits per heavy atom. The van der Waals surface area contributed by atoms with Gasteiger partial charge in [0, 0.05) is 31.0 Å². The van der Waals surface area contributed by atoms with Crippen molar-refractivity contribution in [2.45, 2.75) is 6.42 Å². The Morgan fingerprint density at radius 2 is 1.84 bits per heavy atom. The molecule has 2 aromatic rings. The fourth-order valence-electron chi connectivity index (χ4n) is 1.62. The highest BCUT2D eigenvalue weighted by molar-refractivity contribution is 9.10. The first-order valence-corrected chi connectivity index (χ1v) is 6.95. The molecule has 0 atom stereocenters. The largest absolute Gasteiger partial charge is 0.393 e. The molecule has 0 aliphatic carbocycles. The average Bonchev–Trinajstić information content (AvgIpc) is 2.42. The number of nitrogens with two attached hydrogens (primary N) is 1. The van der Waals surface area contributed by atoms with E-state index in [4.69, 9.17) is 18.0 Å². The van der Waals surface area contributed by atoms with E-state index in [1.54, 1.807) is 12.4 Å². The Hall–Kier alpha value is -1.53. The fourth-order valence-corrected chi connectivity index (χ4v) is 1.92. The van der Waals surface area contributed by atoms with Crippen LogP contribution in [0.5, 0.6) is 0 Å². The van der Waals surface area contributed by atoms with E-state index in [1.165, 1.54) is 0 Å². The SMILES string of the molecule is NC(=S)CCN(c1ccccc1)c1ncc(Br)cn1. The topological polar surface area (TPSA) is 55.0 Å². The molecule has 0 fully saturated rings. The predicted molar refractivity (Wildman–Crippen MR) is 84.6 cm³/mol. The van der Waals surface area contributed by atoms with Crippen LogP contribution in [-0.2, 0) is 0 Å². The molecule has 2 N–H and O–H groups in total. The van der Waals surface area contributed by atoms with Crippen LogP contribution in [-0.4, -0.2) is 21.5 Å². The van der Waals surface area contributed by atoms with Crippen molar-refractivity contribution >= 4 is 44.8 Å². The summed E-state index contributed by atoms with van der Waals surface area (Å²) in [6.07, 6.45) is 4.06. The Kier molecular flexibility index (Phi) is 4.81. The summed E-state index contributed by atoms with van der Waals surface area (Å²) in [4.78, 5) is 11.1. The van der Waals surface area contributed by atoms with Gasteiger partial charge in [0.25, 0.3) is 0 Å². The van der Waals surface area contributed by atoms with Crippen LogP contribution in [0.15, 0.2) is 47.2 Å². The normalized spacial score (nSPS) is 10.2. The zero-order valence-corrected chi connectivity index (χ0v) is 12.6. The van der Waals surface area contributed by atoms with Gasteiger partial charge in [-0.15, -0.1) is 0 Å². The smallest absolute Gasteiger partial charge is 0.229 e. The molecule has 0 radical (unpaired) electrons. The summed E-state index contributed by atoms with van der Waals surface area (Å²) in [5.41, 5.74) is 6.59. The molecule has 1 heterocycles. The van der Waals surface area contributed by atoms with Crippen molar-refractivity contribution in [3.8, 4) is 0 Å². The zero-order valence-electron chi connectivity index (χ0n) is 10.2. The first-order valence-electron chi connectivity index (χ1n) is 5.75. The van der Waals surface area contributed by atoms with Crippen LogP contribution in [0, 0.1) is 0 Å². The Labute approximate surface area is 125 Å². The molecule has 0 aliphatic heterocycles. The van der Waals surface area contributed by atoms with Gasteiger partial charge in [-0.3, -0.25) is 0 Å². The lowest BCUT2D eigenvalue weighted by atomic mass is 10.2. The second-order valence-corrected chi connectivity index (χ2v) is 5.34. The molecule has 4 nitrogen and oxygen atoms in total. The molecule has 0 saturated carbocycles. The van der Waals surface area contributed by atoms with Crippen molar-refractivity contribution in [1.29, 1.82) is 0 Å². The van der Waals surface area contributed by atoms with Gasteiger partial charge in [0.05, 0.1) is 9.46 Å². The molecule has 0 bridgehead atoms. The third kappa shape index (κ3) is 3.97. The third-order valence-corrected chi connectivity index (χ3v) is 3.11. The van der Waals surface area contributed by atoms with Crippen molar-refractivity contribution < 1.29 is 0 Å². The Morgan fingerprint density at radius 3 is 2.42 bits per heavy atom. The van der Waals surface area contributed by atoms with Gasteiger partial charge in [-0.25, -0.2) is 9.97 Å². The van der Waals surface area contributed by atoms with Crippen molar-refractivity contribution in [1.82, 2.24) is 9.97 Å². The number of hydrogen-bond acceptors (Lipinski definition) is 4. The summed E-state index contributed by atoms with van der Waals surface area (Å²) >= 11 is 8.27. The van der Waals surface area contributed by atoms with Crippen LogP contribution in [0.2, 0.25) is 0 Å². The summed E-state index contributed by atoms with van der Waals surface area (Å²) in [5, 5.41) is 0. The predicted octanol–water partition coefficient (Wildman–Crippen LogP) is 3.05. The van der Waals surface area contributed by atoms with E-state index in [2.05, 4.69) is 25.9 Å². The lowest BCUT2D eigenvalue weighted by Gasteiger charge is -2.22. The highest BCUT2D eigenvalue weighted by atomic mass is 79.9. The number of hydrogen-bond donors (Lipinski definition) is 1. The Bertz CT molecular complexity index is 544. The highest BCUT2D eigenvalue weighted by Crippen LogP contribution is 2.22. The van der Waals surface area contributed by atoms with Gasteiger partial charge in [-0.2, -0.15) is 0 Å². The van der Waals surface area contributed by atoms with E-state index >= 15 is 0 Å². The number of aromatic nitrogens is 2. The average molecular weight is 337 g/mol. The molecule has 0 aliphatic rings. The minimum atomic E-state index is 0.484. The number of halogens is 1. The van der Waals surface area contributed by atoms with Gasteiger partial charge >= 0.3 is 0 Å². The molecule has 0 spiro atoms. The number of anilines is 2. The second-order valence-electron chi connectivity index (χ2n) is 3.90. The molecular formula is C13H13BrN4S. The number of thiocarbonyl (C=S) groups is 1. The molecule has 6 heteroatoms. The monoisotopic (exact) mass is 336 g/mol. The standard InChI is InChI=1S/C13H13BrN4S/c14-10-8-16-13(17-9-10)18(7-6-12(15)19)11-4-2-1-3-5-11/h1-5,8-9H,6-7H2,(H2,15,19). The fraction of sp³-hybridized carbons (Fsp3) is 0.154. The molecule has 1 aromatic carbocycles. The minimum Gasteiger partial charge on any atom is -0.393 e. The number of rotatable bonds is 5. The third-order valence-electron chi connectivity index (χ3n) is 2.50. The van der Waals surface area contributed by atoms with Gasteiger partial charge in [-0.1, -0.05) is 30.4 Å². The molecule has 1 aromatic heterocycles. The van der Waals surface area contributed by atoms with Crippen molar-refractivity contribution in [3.05, 3.63) is 47.2 Å². The van der Waals surface area contributed by atoms with E-state index < -0.39 is 0 Å². The zero-order chi connectivity index (χ0) is 13.7. The Balaban J connectivity index is 2.28. The van der Waals surface area contributed by atoms with Crippen LogP contribution in [0.1, 0.15) is 6.42 Å². The van der Waals surface area contributed by atoms with Crippen molar-refractivity contribution in [3.63, 3.8) is 0 Å². The first kappa shape index (κ1) is 13.9. The lowest BCUT2D eigenvalue weighted by molar-refractivity contribution is 0.909. The van der Waals surface area contributed by atoms with Crippen molar-refractivity contribution in [2.24, 2.45) is 5.73 Å². The number of para-hydroxylation sites is 1. The van der Waals surface area contributed by atoms with Gasteiger partial charge < -0.3 is 10.6 Å². The summed E-state index contributed by atoms with van der Waals surface area (Å²) in [6, 6.07) is 9.93. The van der Waals surface area contributed by atoms with Crippen LogP contribution in [0.4, 0.5) is 11.6 Å². The van der Waals surface area contributed by atoms with Gasteiger partial charge in [0.15, 0.2) is 0 Å². The van der Waals surface area contributed by atoms with E-state index in [0.717, 1.165) is 10.2 Å². The maximum atomic E-state index is 5.58. The molecule has 0 unspecified atom stereocenters. The van der Waals surface area contributed by atoms with Crippen LogP contribution in [0.3, 0.4) is 0 Å². The molecular weight excluding hydrogens is 324 g/mol. The second kappa shape index (κ2) is 6.58. The summed E-state index contributed by atoms with van der Waals surface area (Å²) in [6.45, 7) is 0.654. The van der Waals surface area contributed by atoms with Crippen molar-refractivity contribution in [2.75, 3.05) is 11.4 Å². The van der Waals surface area contributed by atoms with Crippen LogP contribution >= 0.6 is 28.1 Å². The maximum absolute atomic E-state index is 5.58. The van der Waals surface area contributed by atoms with Crippen LogP contribution in [0.25, 0.3) is 0 Å². The van der Waals surface area contributed by atoms with Crippen LogP contribution < -0.4 is 10.6 Å². The summed E-state index contributed by atoms with van der Waals surface area (Å²) in [5.74, 6) is 0.630. The summed E-state index contributed by atoms with van der Waals surface area (Å²) in [7, 11) is 0. The lowest BCUT2D eigenvalue weighted by Crippen LogP contribution is -2.24. The molecule has 0 amide bonds. The highest BCUT2D eigenvalue weighted by Gasteiger charge is 2.11. The molecule has 2 rings (SSSR count). The first-order chi connectivity index (χ1) is 9.16. The van der Waals surface area contributed by atoms with E-state index in [1.807, 2.05) is 35.2 Å². The molecule has 98 valence electrons. The van der Waals surface area contributed by atoms with E-state index in [-0.39, 0.29) is 0 Å². The maximum Gasteiger partial charge on any atom is 0.229 e. The van der Waals surface area contributed by atoms with E-state index in [9.17, 15) is 0 Å². The van der Waals surface area contributed by atoms with E-state index in [0.29, 0.717) is 23.9 Å². The molecule has 0 saturated heterocycles. The van der Waals surface area contributed by atoms with Gasteiger partial charge in [-0.05, 0) is 28.1 Å². The minimum absolute atomic E-state index is 0.484. The van der Waals surface area contributed by atoms with Gasteiger partial charge in [0.1, 0.15) is 0 Å².